The molecule has 1 N–H and O–H groups in total. The van der Waals surface area contributed by atoms with Gasteiger partial charge in [0.05, 0.1) is 28.1 Å². The van der Waals surface area contributed by atoms with Gasteiger partial charge in [0.15, 0.2) is 0 Å². The van der Waals surface area contributed by atoms with E-state index in [4.69, 9.17) is 11.6 Å². The van der Waals surface area contributed by atoms with Crippen LogP contribution in [0.15, 0.2) is 17.5 Å². The molecule has 0 aliphatic heterocycles. The van der Waals surface area contributed by atoms with Crippen molar-refractivity contribution in [3.8, 4) is 0 Å². The van der Waals surface area contributed by atoms with Crippen LogP contribution in [0.1, 0.15) is 29.4 Å². The average molecular weight is 268 g/mol. The van der Waals surface area contributed by atoms with Gasteiger partial charge in [-0.25, -0.2) is 9.97 Å². The van der Waals surface area contributed by atoms with Crippen molar-refractivity contribution in [2.45, 2.75) is 26.8 Å². The van der Waals surface area contributed by atoms with Crippen LogP contribution in [0.25, 0.3) is 0 Å². The van der Waals surface area contributed by atoms with E-state index in [0.717, 1.165) is 22.1 Å². The smallest absolute Gasteiger partial charge is 0.129 e. The third-order valence-corrected chi connectivity index (χ3v) is 3.51. The first-order valence-corrected chi connectivity index (χ1v) is 6.63. The van der Waals surface area contributed by atoms with Crippen molar-refractivity contribution in [2.24, 2.45) is 0 Å². The zero-order valence-electron chi connectivity index (χ0n) is 9.99. The Morgan fingerprint density at radius 3 is 2.65 bits per heavy atom. The highest BCUT2D eigenvalue weighted by atomic mass is 35.5. The molecule has 90 valence electrons. The topological polar surface area (TPSA) is 37.8 Å². The summed E-state index contributed by atoms with van der Waals surface area (Å²) in [6.07, 6.45) is 0. The minimum atomic E-state index is 0.168. The van der Waals surface area contributed by atoms with Gasteiger partial charge in [-0.2, -0.15) is 0 Å². The van der Waals surface area contributed by atoms with Crippen molar-refractivity contribution in [3.05, 3.63) is 39.1 Å². The summed E-state index contributed by atoms with van der Waals surface area (Å²) in [6.45, 7) is 6.03. The lowest BCUT2D eigenvalue weighted by atomic mass is 10.2. The molecular formula is C12H14ClN3S. The molecule has 0 saturated heterocycles. The lowest BCUT2D eigenvalue weighted by molar-refractivity contribution is 0.841. The molecule has 3 nitrogen and oxygen atoms in total. The number of halogens is 1. The quantitative estimate of drug-likeness (QED) is 0.855. The molecule has 0 saturated carbocycles. The molecule has 0 radical (unpaired) electrons. The SMILES string of the molecule is Cc1nc(C(C)Nc2ccc(Cl)nc2C)cs1. The highest BCUT2D eigenvalue weighted by Crippen LogP contribution is 2.23. The minimum Gasteiger partial charge on any atom is -0.375 e. The van der Waals surface area contributed by atoms with E-state index in [1.807, 2.05) is 19.9 Å². The number of aromatic nitrogens is 2. The van der Waals surface area contributed by atoms with E-state index in [1.165, 1.54) is 0 Å². The molecule has 2 heterocycles. The van der Waals surface area contributed by atoms with Gasteiger partial charge < -0.3 is 5.32 Å². The van der Waals surface area contributed by atoms with Crippen molar-refractivity contribution in [2.75, 3.05) is 5.32 Å². The molecule has 2 aromatic heterocycles. The predicted molar refractivity (Wildman–Crippen MR) is 72.9 cm³/mol. The molecule has 1 atom stereocenters. The van der Waals surface area contributed by atoms with Crippen LogP contribution < -0.4 is 5.32 Å². The van der Waals surface area contributed by atoms with Gasteiger partial charge in [-0.1, -0.05) is 11.6 Å². The maximum absolute atomic E-state index is 5.82. The lowest BCUT2D eigenvalue weighted by Gasteiger charge is -2.14. The monoisotopic (exact) mass is 267 g/mol. The lowest BCUT2D eigenvalue weighted by Crippen LogP contribution is -2.08. The number of nitrogens with one attached hydrogen (secondary N) is 1. The number of hydrogen-bond donors (Lipinski definition) is 1. The van der Waals surface area contributed by atoms with E-state index >= 15 is 0 Å². The van der Waals surface area contributed by atoms with Crippen LogP contribution in [-0.2, 0) is 0 Å². The number of rotatable bonds is 3. The van der Waals surface area contributed by atoms with Crippen LogP contribution in [0.4, 0.5) is 5.69 Å². The van der Waals surface area contributed by atoms with Gasteiger partial charge in [-0.3, -0.25) is 0 Å². The van der Waals surface area contributed by atoms with E-state index in [1.54, 1.807) is 17.4 Å². The van der Waals surface area contributed by atoms with E-state index < -0.39 is 0 Å². The van der Waals surface area contributed by atoms with E-state index in [-0.39, 0.29) is 6.04 Å². The Morgan fingerprint density at radius 1 is 1.29 bits per heavy atom. The van der Waals surface area contributed by atoms with Crippen molar-refractivity contribution < 1.29 is 0 Å². The van der Waals surface area contributed by atoms with Crippen molar-refractivity contribution >= 4 is 28.6 Å². The Kier molecular flexibility index (Phi) is 3.64. The molecule has 0 aromatic carbocycles. The van der Waals surface area contributed by atoms with E-state index in [2.05, 4.69) is 27.6 Å². The molecule has 1 unspecified atom stereocenters. The highest BCUT2D eigenvalue weighted by Gasteiger charge is 2.10. The van der Waals surface area contributed by atoms with Gasteiger partial charge in [-0.05, 0) is 32.9 Å². The van der Waals surface area contributed by atoms with Gasteiger partial charge in [0.2, 0.25) is 0 Å². The van der Waals surface area contributed by atoms with Crippen LogP contribution in [0, 0.1) is 13.8 Å². The van der Waals surface area contributed by atoms with Gasteiger partial charge in [-0.15, -0.1) is 11.3 Å². The van der Waals surface area contributed by atoms with Gasteiger partial charge in [0.25, 0.3) is 0 Å². The molecule has 2 aromatic rings. The summed E-state index contributed by atoms with van der Waals surface area (Å²) in [5, 5.41) is 7.07. The molecule has 0 fully saturated rings. The highest BCUT2D eigenvalue weighted by molar-refractivity contribution is 7.09. The number of aryl methyl sites for hydroxylation is 2. The zero-order valence-corrected chi connectivity index (χ0v) is 11.6. The largest absolute Gasteiger partial charge is 0.375 e. The fraction of sp³-hybridized carbons (Fsp3) is 0.333. The summed E-state index contributed by atoms with van der Waals surface area (Å²) in [4.78, 5) is 8.67. The molecule has 0 aliphatic rings. The molecule has 5 heteroatoms. The summed E-state index contributed by atoms with van der Waals surface area (Å²) in [5.41, 5.74) is 2.95. The van der Waals surface area contributed by atoms with Crippen LogP contribution in [0.3, 0.4) is 0 Å². The third-order valence-electron chi connectivity index (χ3n) is 2.50. The fourth-order valence-corrected chi connectivity index (χ4v) is 2.47. The second kappa shape index (κ2) is 5.02. The van der Waals surface area contributed by atoms with Crippen molar-refractivity contribution in [3.63, 3.8) is 0 Å². The third kappa shape index (κ3) is 2.96. The Balaban J connectivity index is 2.15. The van der Waals surface area contributed by atoms with Crippen LogP contribution in [0.2, 0.25) is 5.15 Å². The Bertz CT molecular complexity index is 524. The molecule has 0 bridgehead atoms. The zero-order chi connectivity index (χ0) is 12.4. The Hall–Kier alpha value is -1.13. The molecule has 0 amide bonds. The van der Waals surface area contributed by atoms with Crippen molar-refractivity contribution in [1.29, 1.82) is 0 Å². The number of nitrogens with zero attached hydrogens (tertiary/aromatic N) is 2. The molecule has 0 aliphatic carbocycles. The van der Waals surface area contributed by atoms with Crippen LogP contribution in [-0.4, -0.2) is 9.97 Å². The summed E-state index contributed by atoms with van der Waals surface area (Å²) in [6, 6.07) is 3.90. The summed E-state index contributed by atoms with van der Waals surface area (Å²) >= 11 is 7.49. The van der Waals surface area contributed by atoms with Crippen LogP contribution >= 0.6 is 22.9 Å². The first-order chi connectivity index (χ1) is 8.06. The number of anilines is 1. The number of hydrogen-bond acceptors (Lipinski definition) is 4. The maximum atomic E-state index is 5.82. The van der Waals surface area contributed by atoms with Gasteiger partial charge in [0, 0.05) is 5.38 Å². The Morgan fingerprint density at radius 2 is 2.06 bits per heavy atom. The molecular weight excluding hydrogens is 254 g/mol. The average Bonchev–Trinajstić information content (AvgIpc) is 2.69. The number of thiazole rings is 1. The second-order valence-electron chi connectivity index (χ2n) is 3.92. The van der Waals surface area contributed by atoms with Crippen molar-refractivity contribution in [1.82, 2.24) is 9.97 Å². The van der Waals surface area contributed by atoms with E-state index in [0.29, 0.717) is 5.15 Å². The fourth-order valence-electron chi connectivity index (χ4n) is 1.57. The van der Waals surface area contributed by atoms with Crippen LogP contribution in [0.5, 0.6) is 0 Å². The second-order valence-corrected chi connectivity index (χ2v) is 5.37. The first-order valence-electron chi connectivity index (χ1n) is 5.38. The maximum Gasteiger partial charge on any atom is 0.129 e. The van der Waals surface area contributed by atoms with E-state index in [9.17, 15) is 0 Å². The standard InChI is InChI=1S/C12H14ClN3S/c1-7-10(4-5-12(13)15-7)14-8(2)11-6-17-9(3)16-11/h4-6,8,14H,1-3H3. The molecule has 0 spiro atoms. The Labute approximate surface area is 110 Å². The molecule has 2 rings (SSSR count). The van der Waals surface area contributed by atoms with Gasteiger partial charge >= 0.3 is 0 Å². The minimum absolute atomic E-state index is 0.168. The summed E-state index contributed by atoms with van der Waals surface area (Å²) in [5.74, 6) is 0. The number of pyridine rings is 1. The molecule has 17 heavy (non-hydrogen) atoms. The predicted octanol–water partition coefficient (Wildman–Crippen LogP) is 3.98. The first kappa shape index (κ1) is 12.3. The van der Waals surface area contributed by atoms with Gasteiger partial charge in [0.1, 0.15) is 5.15 Å². The normalized spacial score (nSPS) is 12.5. The summed E-state index contributed by atoms with van der Waals surface area (Å²) < 4.78 is 0. The summed E-state index contributed by atoms with van der Waals surface area (Å²) in [7, 11) is 0.